The third kappa shape index (κ3) is 3.63. The number of methoxy groups -OCH3 is 2. The standard InChI is InChI=1S/C23H16ClN3O4S/c1-29-18-10-13-16(11-19(18)30-2)25-21(27-22(13)28)14(24)9-12-7-8-17(31-12)23-26-15-5-3-4-6-20(15)32-23/h3-11H,1-2H3,(H,25,27,28). The van der Waals surface area contributed by atoms with Crippen molar-refractivity contribution in [2.75, 3.05) is 14.2 Å². The molecule has 0 radical (unpaired) electrons. The lowest BCUT2D eigenvalue weighted by Gasteiger charge is -2.09. The molecule has 3 aromatic heterocycles. The molecule has 0 bridgehead atoms. The first kappa shape index (κ1) is 20.3. The fourth-order valence-electron chi connectivity index (χ4n) is 3.30. The second kappa shape index (κ2) is 8.14. The summed E-state index contributed by atoms with van der Waals surface area (Å²) in [5.41, 5.74) is 1.01. The Labute approximate surface area is 190 Å². The van der Waals surface area contributed by atoms with Gasteiger partial charge in [0.05, 0.1) is 40.4 Å². The summed E-state index contributed by atoms with van der Waals surface area (Å²) in [7, 11) is 3.02. The molecule has 0 aliphatic rings. The van der Waals surface area contributed by atoms with E-state index in [2.05, 4.69) is 15.0 Å². The van der Waals surface area contributed by atoms with E-state index >= 15 is 0 Å². The van der Waals surface area contributed by atoms with Crippen LogP contribution in [0.2, 0.25) is 0 Å². The molecule has 32 heavy (non-hydrogen) atoms. The number of furan rings is 1. The SMILES string of the molecule is COc1cc2nc(C(Cl)=Cc3ccc(-c4nc5ccccc5s4)o3)[nH]c(=O)c2cc1OC. The zero-order valence-corrected chi connectivity index (χ0v) is 18.6. The van der Waals surface area contributed by atoms with Crippen LogP contribution in [0.4, 0.5) is 0 Å². The quantitative estimate of drug-likeness (QED) is 0.366. The first-order valence-electron chi connectivity index (χ1n) is 9.55. The average Bonchev–Trinajstić information content (AvgIpc) is 3.44. The van der Waals surface area contributed by atoms with Gasteiger partial charge in [-0.3, -0.25) is 4.79 Å². The number of benzene rings is 2. The molecule has 3 heterocycles. The van der Waals surface area contributed by atoms with E-state index in [1.807, 2.05) is 30.3 Å². The normalized spacial score (nSPS) is 11.9. The molecule has 0 amide bonds. The highest BCUT2D eigenvalue weighted by Gasteiger charge is 2.14. The summed E-state index contributed by atoms with van der Waals surface area (Å²) < 4.78 is 17.5. The van der Waals surface area contributed by atoms with Gasteiger partial charge < -0.3 is 18.9 Å². The maximum Gasteiger partial charge on any atom is 0.259 e. The van der Waals surface area contributed by atoms with E-state index in [0.717, 1.165) is 15.2 Å². The molecule has 0 fully saturated rings. The van der Waals surface area contributed by atoms with Gasteiger partial charge in [0.1, 0.15) is 5.76 Å². The predicted molar refractivity (Wildman–Crippen MR) is 127 cm³/mol. The van der Waals surface area contributed by atoms with Crippen molar-refractivity contribution in [3.63, 3.8) is 0 Å². The lowest BCUT2D eigenvalue weighted by Crippen LogP contribution is -2.11. The number of para-hydroxylation sites is 1. The van der Waals surface area contributed by atoms with Crippen molar-refractivity contribution in [3.05, 3.63) is 70.5 Å². The van der Waals surface area contributed by atoms with Gasteiger partial charge in [0.15, 0.2) is 28.1 Å². The maximum atomic E-state index is 12.6. The Morgan fingerprint density at radius 2 is 1.84 bits per heavy atom. The van der Waals surface area contributed by atoms with Crippen molar-refractivity contribution in [2.45, 2.75) is 0 Å². The molecule has 2 aromatic carbocycles. The molecule has 9 heteroatoms. The van der Waals surface area contributed by atoms with Crippen molar-refractivity contribution in [2.24, 2.45) is 0 Å². The summed E-state index contributed by atoms with van der Waals surface area (Å²) >= 11 is 8.01. The minimum atomic E-state index is -0.341. The van der Waals surface area contributed by atoms with Gasteiger partial charge in [0.2, 0.25) is 0 Å². The molecule has 0 saturated carbocycles. The van der Waals surface area contributed by atoms with Gasteiger partial charge in [0, 0.05) is 12.1 Å². The molecule has 0 aliphatic carbocycles. The smallest absolute Gasteiger partial charge is 0.259 e. The number of halogens is 1. The third-order valence-corrected chi connectivity index (χ3v) is 6.18. The minimum absolute atomic E-state index is 0.217. The number of H-pyrrole nitrogens is 1. The van der Waals surface area contributed by atoms with Gasteiger partial charge in [-0.2, -0.15) is 0 Å². The Bertz CT molecular complexity index is 1520. The highest BCUT2D eigenvalue weighted by Crippen LogP contribution is 2.33. The van der Waals surface area contributed by atoms with Gasteiger partial charge in [0.25, 0.3) is 5.56 Å². The molecule has 160 valence electrons. The van der Waals surface area contributed by atoms with Crippen molar-refractivity contribution in [1.29, 1.82) is 0 Å². The number of rotatable bonds is 5. The number of aromatic amines is 1. The molecule has 5 rings (SSSR count). The third-order valence-electron chi connectivity index (χ3n) is 4.84. The molecule has 1 N–H and O–H groups in total. The molecule has 0 aliphatic heterocycles. The lowest BCUT2D eigenvalue weighted by atomic mass is 10.2. The largest absolute Gasteiger partial charge is 0.493 e. The van der Waals surface area contributed by atoms with Crippen molar-refractivity contribution in [3.8, 4) is 22.3 Å². The number of nitrogens with one attached hydrogen (secondary N) is 1. The molecule has 0 atom stereocenters. The number of fused-ring (bicyclic) bond motifs is 2. The molecule has 0 saturated heterocycles. The van der Waals surface area contributed by atoms with Crippen LogP contribution in [0.15, 0.2) is 57.7 Å². The first-order chi connectivity index (χ1) is 15.6. The summed E-state index contributed by atoms with van der Waals surface area (Å²) in [6, 6.07) is 14.7. The van der Waals surface area contributed by atoms with Crippen LogP contribution in [0, 0.1) is 0 Å². The Kier molecular flexibility index (Phi) is 5.16. The zero-order chi connectivity index (χ0) is 22.2. The average molecular weight is 466 g/mol. The molecule has 0 unspecified atom stereocenters. The van der Waals surface area contributed by atoms with E-state index in [-0.39, 0.29) is 16.4 Å². The summed E-state index contributed by atoms with van der Waals surface area (Å²) in [6.07, 6.45) is 1.60. The van der Waals surface area contributed by atoms with E-state index in [1.165, 1.54) is 14.2 Å². The van der Waals surface area contributed by atoms with E-state index < -0.39 is 0 Å². The van der Waals surface area contributed by atoms with Crippen molar-refractivity contribution >= 4 is 55.2 Å². The van der Waals surface area contributed by atoms with Crippen LogP contribution >= 0.6 is 22.9 Å². The molecule has 0 spiro atoms. The van der Waals surface area contributed by atoms with Crippen molar-refractivity contribution in [1.82, 2.24) is 15.0 Å². The summed E-state index contributed by atoms with van der Waals surface area (Å²) in [5, 5.41) is 1.37. The fourth-order valence-corrected chi connectivity index (χ4v) is 4.42. The van der Waals surface area contributed by atoms with Crippen LogP contribution in [0.5, 0.6) is 11.5 Å². The second-order valence-electron chi connectivity index (χ2n) is 6.82. The topological polar surface area (TPSA) is 90.2 Å². The Hall–Kier alpha value is -3.62. The molecule has 7 nitrogen and oxygen atoms in total. The van der Waals surface area contributed by atoms with Crippen LogP contribution < -0.4 is 15.0 Å². The molecule has 5 aromatic rings. The highest BCUT2D eigenvalue weighted by atomic mass is 35.5. The second-order valence-corrected chi connectivity index (χ2v) is 8.26. The van der Waals surface area contributed by atoms with E-state index in [0.29, 0.717) is 33.9 Å². The van der Waals surface area contributed by atoms with E-state index in [9.17, 15) is 4.79 Å². The molecular formula is C23H16ClN3O4S. The van der Waals surface area contributed by atoms with Gasteiger partial charge >= 0.3 is 0 Å². The van der Waals surface area contributed by atoms with Crippen LogP contribution in [-0.4, -0.2) is 29.2 Å². The monoisotopic (exact) mass is 465 g/mol. The summed E-state index contributed by atoms with van der Waals surface area (Å²) in [6.45, 7) is 0. The number of ether oxygens (including phenoxy) is 2. The number of aromatic nitrogens is 3. The van der Waals surface area contributed by atoms with Crippen LogP contribution in [0.3, 0.4) is 0 Å². The summed E-state index contributed by atoms with van der Waals surface area (Å²) in [4.78, 5) is 24.4. The Balaban J connectivity index is 1.50. The van der Waals surface area contributed by atoms with Crippen LogP contribution in [-0.2, 0) is 0 Å². The van der Waals surface area contributed by atoms with Crippen LogP contribution in [0.25, 0.3) is 43.0 Å². The maximum absolute atomic E-state index is 12.6. The van der Waals surface area contributed by atoms with Crippen LogP contribution in [0.1, 0.15) is 11.6 Å². The lowest BCUT2D eigenvalue weighted by molar-refractivity contribution is 0.355. The molecular weight excluding hydrogens is 450 g/mol. The Morgan fingerprint density at radius 1 is 1.06 bits per heavy atom. The minimum Gasteiger partial charge on any atom is -0.493 e. The van der Waals surface area contributed by atoms with Gasteiger partial charge in [-0.1, -0.05) is 23.7 Å². The van der Waals surface area contributed by atoms with E-state index in [4.69, 9.17) is 25.5 Å². The number of nitrogens with zero attached hydrogens (tertiary/aromatic N) is 2. The van der Waals surface area contributed by atoms with Crippen molar-refractivity contribution < 1.29 is 13.9 Å². The number of hydrogen-bond acceptors (Lipinski definition) is 7. The van der Waals surface area contributed by atoms with Gasteiger partial charge in [-0.05, 0) is 30.3 Å². The fraction of sp³-hybridized carbons (Fsp3) is 0.0870. The van der Waals surface area contributed by atoms with Gasteiger partial charge in [-0.25, -0.2) is 9.97 Å². The first-order valence-corrected chi connectivity index (χ1v) is 10.7. The highest BCUT2D eigenvalue weighted by molar-refractivity contribution is 7.21. The predicted octanol–water partition coefficient (Wildman–Crippen LogP) is 5.55. The number of hydrogen-bond donors (Lipinski definition) is 1. The van der Waals surface area contributed by atoms with Gasteiger partial charge in [-0.15, -0.1) is 11.3 Å². The number of thiazole rings is 1. The zero-order valence-electron chi connectivity index (χ0n) is 17.0. The Morgan fingerprint density at radius 3 is 2.62 bits per heavy atom. The summed E-state index contributed by atoms with van der Waals surface area (Å²) in [5.74, 6) is 2.28. The van der Waals surface area contributed by atoms with E-state index in [1.54, 1.807) is 35.6 Å².